The monoisotopic (exact) mass is 270 g/mol. The number of hydrogen-bond acceptors (Lipinski definition) is 5. The van der Waals surface area contributed by atoms with Gasteiger partial charge in [0.2, 0.25) is 0 Å². The molecule has 0 bridgehead atoms. The second-order valence-corrected chi connectivity index (χ2v) is 4.83. The van der Waals surface area contributed by atoms with E-state index in [9.17, 15) is 5.11 Å². The van der Waals surface area contributed by atoms with E-state index in [1.54, 1.807) is 16.6 Å². The largest absolute Gasteiger partial charge is 0.506 e. The molecule has 1 aromatic carbocycles. The summed E-state index contributed by atoms with van der Waals surface area (Å²) in [7, 11) is 0. The lowest BCUT2D eigenvalue weighted by Crippen LogP contribution is -2.42. The average Bonchev–Trinajstić information content (AvgIpc) is 2.40. The molecule has 5 nitrogen and oxygen atoms in total. The lowest BCUT2D eigenvalue weighted by atomic mass is 10.2. The number of benzene rings is 1. The molecule has 0 spiro atoms. The van der Waals surface area contributed by atoms with Gasteiger partial charge in [0.05, 0.1) is 0 Å². The van der Waals surface area contributed by atoms with Crippen molar-refractivity contribution in [2.75, 3.05) is 44.3 Å². The number of hydrogen-bond donors (Lipinski definition) is 1. The molecule has 0 atom stereocenters. The number of phenolic OH excluding ortho intramolecular Hbond substituents is 1. The number of phenols is 1. The minimum atomic E-state index is 0.224. The number of anilines is 1. The third-order valence-corrected chi connectivity index (χ3v) is 3.54. The van der Waals surface area contributed by atoms with Gasteiger partial charge in [0.15, 0.2) is 11.5 Å². The Morgan fingerprint density at radius 2 is 1.78 bits per heavy atom. The van der Waals surface area contributed by atoms with Crippen LogP contribution in [0.25, 0.3) is 0 Å². The van der Waals surface area contributed by atoms with Gasteiger partial charge < -0.3 is 19.5 Å². The summed E-state index contributed by atoms with van der Waals surface area (Å²) < 4.78 is 12.9. The van der Waals surface area contributed by atoms with Crippen molar-refractivity contribution in [1.29, 1.82) is 0 Å². The lowest BCUT2D eigenvalue weighted by molar-refractivity contribution is 0.171. The van der Waals surface area contributed by atoms with Crippen LogP contribution < -0.4 is 14.4 Å². The summed E-state index contributed by atoms with van der Waals surface area (Å²) in [4.78, 5) is 2.09. The Kier molecular flexibility index (Phi) is 3.09. The van der Waals surface area contributed by atoms with Crippen molar-refractivity contribution < 1.29 is 14.6 Å². The Morgan fingerprint density at radius 1 is 1.06 bits per heavy atom. The molecule has 1 N–H and O–H groups in total. The Hall–Kier alpha value is -1.33. The molecule has 98 valence electrons. The highest BCUT2D eigenvalue weighted by Crippen LogP contribution is 2.45. The first-order chi connectivity index (χ1) is 8.75. The van der Waals surface area contributed by atoms with Crippen molar-refractivity contribution in [2.45, 2.75) is 0 Å². The normalized spacial score (nSPS) is 19.9. The van der Waals surface area contributed by atoms with E-state index < -0.39 is 0 Å². The smallest absolute Gasteiger partial charge is 0.188 e. The fraction of sp³-hybridized carbons (Fsp3) is 0.500. The minimum absolute atomic E-state index is 0.224. The summed E-state index contributed by atoms with van der Waals surface area (Å²) in [6.45, 7) is 4.09. The number of nitrogens with zero attached hydrogens (tertiary/aromatic N) is 2. The maximum atomic E-state index is 10.1. The van der Waals surface area contributed by atoms with Crippen LogP contribution in [0.5, 0.6) is 17.2 Å². The molecule has 2 aliphatic rings. The van der Waals surface area contributed by atoms with Gasteiger partial charge in [-0.15, -0.1) is 0 Å². The molecule has 2 aliphatic heterocycles. The number of ether oxygens (including phenoxy) is 2. The first kappa shape index (κ1) is 11.7. The molecule has 18 heavy (non-hydrogen) atoms. The maximum absolute atomic E-state index is 10.1. The quantitative estimate of drug-likeness (QED) is 0.783. The molecule has 1 fully saturated rings. The molecule has 3 rings (SSSR count). The molecule has 6 heteroatoms. The van der Waals surface area contributed by atoms with Crippen molar-refractivity contribution >= 4 is 17.5 Å². The Balaban J connectivity index is 1.95. The van der Waals surface area contributed by atoms with E-state index in [-0.39, 0.29) is 5.75 Å². The number of piperazine rings is 1. The Labute approximate surface area is 111 Å². The first-order valence-electron chi connectivity index (χ1n) is 6.03. The highest BCUT2D eigenvalue weighted by molar-refractivity contribution is 6.13. The van der Waals surface area contributed by atoms with E-state index in [0.717, 1.165) is 31.9 Å². The van der Waals surface area contributed by atoms with Crippen molar-refractivity contribution in [3.8, 4) is 17.2 Å². The molecule has 1 saturated heterocycles. The molecule has 0 unspecified atom stereocenters. The second kappa shape index (κ2) is 4.74. The summed E-state index contributed by atoms with van der Waals surface area (Å²) in [5, 5.41) is 10.1. The average molecular weight is 271 g/mol. The van der Waals surface area contributed by atoms with Crippen LogP contribution in [0.3, 0.4) is 0 Å². The number of aromatic hydroxyl groups is 1. The first-order valence-corrected chi connectivity index (χ1v) is 6.37. The molecule has 0 amide bonds. The van der Waals surface area contributed by atoms with E-state index in [2.05, 4.69) is 4.90 Å². The highest BCUT2D eigenvalue weighted by Gasteiger charge is 2.26. The summed E-state index contributed by atoms with van der Waals surface area (Å²) in [5.74, 6) is 1.56. The van der Waals surface area contributed by atoms with E-state index in [0.29, 0.717) is 24.7 Å². The summed E-state index contributed by atoms with van der Waals surface area (Å²) in [6.07, 6.45) is 0. The minimum Gasteiger partial charge on any atom is -0.506 e. The second-order valence-electron chi connectivity index (χ2n) is 4.35. The molecule has 1 aromatic rings. The van der Waals surface area contributed by atoms with Gasteiger partial charge in [0.1, 0.15) is 24.7 Å². The highest BCUT2D eigenvalue weighted by atomic mass is 35.5. The van der Waals surface area contributed by atoms with E-state index >= 15 is 0 Å². The molecule has 2 heterocycles. The zero-order chi connectivity index (χ0) is 12.5. The molecular formula is C12H15ClN2O3. The fourth-order valence-corrected chi connectivity index (χ4v) is 2.45. The van der Waals surface area contributed by atoms with Gasteiger partial charge in [0.25, 0.3) is 0 Å². The zero-order valence-electron chi connectivity index (χ0n) is 9.93. The topological polar surface area (TPSA) is 45.2 Å². The van der Waals surface area contributed by atoms with Gasteiger partial charge in [-0.3, -0.25) is 0 Å². The molecular weight excluding hydrogens is 256 g/mol. The zero-order valence-corrected chi connectivity index (χ0v) is 10.7. The fourth-order valence-electron chi connectivity index (χ4n) is 2.30. The van der Waals surface area contributed by atoms with Crippen LogP contribution >= 0.6 is 11.8 Å². The van der Waals surface area contributed by atoms with Crippen LogP contribution in [-0.4, -0.2) is 48.9 Å². The molecule has 0 aliphatic carbocycles. The van der Waals surface area contributed by atoms with E-state index in [4.69, 9.17) is 21.3 Å². The molecule has 0 radical (unpaired) electrons. The molecule has 0 aromatic heterocycles. The lowest BCUT2D eigenvalue weighted by Gasteiger charge is -2.34. The van der Waals surface area contributed by atoms with Crippen LogP contribution in [0.15, 0.2) is 12.1 Å². The van der Waals surface area contributed by atoms with Crippen LogP contribution in [-0.2, 0) is 0 Å². The van der Waals surface area contributed by atoms with Crippen molar-refractivity contribution in [2.24, 2.45) is 0 Å². The van der Waals surface area contributed by atoms with Gasteiger partial charge in [-0.2, -0.15) is 0 Å². The summed E-state index contributed by atoms with van der Waals surface area (Å²) in [6, 6.07) is 3.39. The summed E-state index contributed by atoms with van der Waals surface area (Å²) in [5.41, 5.74) is 0.719. The van der Waals surface area contributed by atoms with Gasteiger partial charge in [0, 0.05) is 26.2 Å². The van der Waals surface area contributed by atoms with Crippen LogP contribution in [0.2, 0.25) is 0 Å². The van der Waals surface area contributed by atoms with Gasteiger partial charge in [-0.25, -0.2) is 4.42 Å². The number of halogens is 1. The van der Waals surface area contributed by atoms with Gasteiger partial charge in [-0.1, -0.05) is 0 Å². The SMILES string of the molecule is Oc1ccc2c(c1N1CCN(Cl)CC1)OCCO2. The third-order valence-electron chi connectivity index (χ3n) is 3.20. The van der Waals surface area contributed by atoms with Crippen LogP contribution in [0, 0.1) is 0 Å². The predicted molar refractivity (Wildman–Crippen MR) is 68.7 cm³/mol. The third kappa shape index (κ3) is 2.04. The van der Waals surface area contributed by atoms with Crippen LogP contribution in [0.1, 0.15) is 0 Å². The number of fused-ring (bicyclic) bond motifs is 1. The Bertz CT molecular complexity index is 447. The van der Waals surface area contributed by atoms with Gasteiger partial charge >= 0.3 is 0 Å². The van der Waals surface area contributed by atoms with Crippen LogP contribution in [0.4, 0.5) is 5.69 Å². The van der Waals surface area contributed by atoms with Crippen molar-refractivity contribution in [1.82, 2.24) is 4.42 Å². The van der Waals surface area contributed by atoms with E-state index in [1.165, 1.54) is 0 Å². The summed E-state index contributed by atoms with van der Waals surface area (Å²) >= 11 is 5.94. The van der Waals surface area contributed by atoms with Crippen molar-refractivity contribution in [3.63, 3.8) is 0 Å². The predicted octanol–water partition coefficient (Wildman–Crippen LogP) is 1.44. The standard InChI is InChI=1S/C12H15ClN2O3/c13-15-5-3-14(4-6-15)11-9(16)1-2-10-12(11)18-8-7-17-10/h1-2,16H,3-8H2. The van der Waals surface area contributed by atoms with Gasteiger partial charge in [-0.05, 0) is 23.9 Å². The molecule has 0 saturated carbocycles. The Morgan fingerprint density at radius 3 is 2.56 bits per heavy atom. The number of rotatable bonds is 1. The maximum Gasteiger partial charge on any atom is 0.188 e. The van der Waals surface area contributed by atoms with E-state index in [1.807, 2.05) is 0 Å². The van der Waals surface area contributed by atoms with Crippen molar-refractivity contribution in [3.05, 3.63) is 12.1 Å².